The first-order valence-corrected chi connectivity index (χ1v) is 11.0. The molecule has 0 atom stereocenters. The van der Waals surface area contributed by atoms with Gasteiger partial charge in [0.25, 0.3) is 15.9 Å². The molecule has 0 spiro atoms. The second kappa shape index (κ2) is 9.78. The molecule has 8 heteroatoms. The second-order valence-corrected chi connectivity index (χ2v) is 8.33. The average molecular weight is 436 g/mol. The molecule has 1 amide bonds. The summed E-state index contributed by atoms with van der Waals surface area (Å²) in [6.45, 7) is 1.77. The van der Waals surface area contributed by atoms with Crippen LogP contribution in [0.5, 0.6) is 5.75 Å². The first-order chi connectivity index (χ1) is 15.0. The van der Waals surface area contributed by atoms with Crippen LogP contribution in [0.15, 0.2) is 83.8 Å². The smallest absolute Gasteiger partial charge is 0.264 e. The lowest BCUT2D eigenvalue weighted by Gasteiger charge is -2.23. The summed E-state index contributed by atoms with van der Waals surface area (Å²) in [5, 5.41) is 11.7. The van der Waals surface area contributed by atoms with E-state index in [1.807, 2.05) is 12.1 Å². The van der Waals surface area contributed by atoms with Gasteiger partial charge in [0, 0.05) is 6.54 Å². The first kappa shape index (κ1) is 21.9. The summed E-state index contributed by atoms with van der Waals surface area (Å²) in [6.07, 6.45) is 0. The fourth-order valence-electron chi connectivity index (χ4n) is 2.95. The van der Waals surface area contributed by atoms with Crippen LogP contribution in [0.3, 0.4) is 0 Å². The predicted octanol–water partition coefficient (Wildman–Crippen LogP) is 3.79. The monoisotopic (exact) mass is 435 g/mol. The topological polar surface area (TPSA) is 99.5 Å². The quantitative estimate of drug-likeness (QED) is 0.580. The van der Waals surface area contributed by atoms with Crippen molar-refractivity contribution in [3.63, 3.8) is 0 Å². The number of para-hydroxylation sites is 2. The van der Waals surface area contributed by atoms with E-state index in [2.05, 4.69) is 5.32 Å². The summed E-state index contributed by atoms with van der Waals surface area (Å²) in [5.74, 6) is -0.0777. The van der Waals surface area contributed by atoms with E-state index in [1.54, 1.807) is 55.5 Å². The predicted molar refractivity (Wildman–Crippen MR) is 118 cm³/mol. The molecule has 0 saturated carbocycles. The van der Waals surface area contributed by atoms with Crippen molar-refractivity contribution in [3.05, 3.63) is 84.4 Å². The zero-order valence-corrected chi connectivity index (χ0v) is 17.7. The van der Waals surface area contributed by atoms with Crippen molar-refractivity contribution in [2.45, 2.75) is 11.8 Å². The van der Waals surface area contributed by atoms with Crippen molar-refractivity contribution >= 4 is 27.3 Å². The van der Waals surface area contributed by atoms with Crippen LogP contribution >= 0.6 is 0 Å². The number of carbonyl (C=O) groups is 1. The van der Waals surface area contributed by atoms with Gasteiger partial charge in [0.1, 0.15) is 11.8 Å². The third-order valence-electron chi connectivity index (χ3n) is 4.43. The Hall–Kier alpha value is -3.83. The van der Waals surface area contributed by atoms with Crippen LogP contribution in [0.1, 0.15) is 12.5 Å². The van der Waals surface area contributed by atoms with E-state index in [0.717, 1.165) is 0 Å². The Morgan fingerprint density at radius 3 is 2.29 bits per heavy atom. The number of amides is 1. The third kappa shape index (κ3) is 5.21. The van der Waals surface area contributed by atoms with Crippen LogP contribution in [0.4, 0.5) is 11.4 Å². The van der Waals surface area contributed by atoms with E-state index in [0.29, 0.717) is 22.7 Å². The molecule has 31 heavy (non-hydrogen) atoms. The van der Waals surface area contributed by atoms with Crippen LogP contribution < -0.4 is 14.4 Å². The van der Waals surface area contributed by atoms with Gasteiger partial charge in [-0.2, -0.15) is 5.26 Å². The molecule has 1 N–H and O–H groups in total. The summed E-state index contributed by atoms with van der Waals surface area (Å²) in [7, 11) is -3.73. The van der Waals surface area contributed by atoms with Crippen molar-refractivity contribution < 1.29 is 17.9 Å². The molecule has 0 radical (unpaired) electrons. The highest BCUT2D eigenvalue weighted by Gasteiger charge is 2.23. The van der Waals surface area contributed by atoms with Gasteiger partial charge in [-0.3, -0.25) is 9.10 Å². The molecule has 0 saturated heterocycles. The van der Waals surface area contributed by atoms with Crippen molar-refractivity contribution in [1.82, 2.24) is 0 Å². The number of anilines is 2. The maximum atomic E-state index is 13.0. The molecule has 0 aliphatic carbocycles. The van der Waals surface area contributed by atoms with E-state index in [1.165, 1.54) is 28.6 Å². The van der Waals surface area contributed by atoms with Gasteiger partial charge in [-0.15, -0.1) is 0 Å². The van der Waals surface area contributed by atoms with Gasteiger partial charge in [-0.1, -0.05) is 30.3 Å². The van der Waals surface area contributed by atoms with Gasteiger partial charge in [0.05, 0.1) is 21.8 Å². The standard InChI is InChI=1S/C23H21N3O4S/c1-2-26(19-9-4-3-5-10-19)31(28,29)21-14-12-20(13-15-21)30-17-23(27)25-22-11-7-6-8-18(22)16-24/h3-15H,2,17H2,1H3,(H,25,27). The molecule has 0 fully saturated rings. The molecule has 0 aliphatic heterocycles. The molecule has 0 unspecified atom stereocenters. The number of sulfonamides is 1. The van der Waals surface area contributed by atoms with E-state index in [4.69, 9.17) is 10.00 Å². The Kier molecular flexibility index (Phi) is 6.90. The normalized spacial score (nSPS) is 10.7. The number of benzene rings is 3. The largest absolute Gasteiger partial charge is 0.484 e. The minimum absolute atomic E-state index is 0.123. The SMILES string of the molecule is CCN(c1ccccc1)S(=O)(=O)c1ccc(OCC(=O)Nc2ccccc2C#N)cc1. The number of hydrogen-bond donors (Lipinski definition) is 1. The van der Waals surface area contributed by atoms with Gasteiger partial charge in [-0.25, -0.2) is 8.42 Å². The molecule has 3 aromatic carbocycles. The van der Waals surface area contributed by atoms with Crippen molar-refractivity contribution in [3.8, 4) is 11.8 Å². The van der Waals surface area contributed by atoms with Crippen LogP contribution in [0.2, 0.25) is 0 Å². The first-order valence-electron chi connectivity index (χ1n) is 9.55. The summed E-state index contributed by atoms with van der Waals surface area (Å²) in [6, 6.07) is 23.4. The van der Waals surface area contributed by atoms with Crippen LogP contribution in [0.25, 0.3) is 0 Å². The van der Waals surface area contributed by atoms with Gasteiger partial charge < -0.3 is 10.1 Å². The van der Waals surface area contributed by atoms with Gasteiger partial charge in [0.15, 0.2) is 6.61 Å². The molecule has 3 rings (SSSR count). The van der Waals surface area contributed by atoms with E-state index >= 15 is 0 Å². The highest BCUT2D eigenvalue weighted by molar-refractivity contribution is 7.92. The fraction of sp³-hybridized carbons (Fsp3) is 0.130. The zero-order chi connectivity index (χ0) is 22.3. The number of carbonyl (C=O) groups excluding carboxylic acids is 1. The second-order valence-electron chi connectivity index (χ2n) is 6.47. The Balaban J connectivity index is 1.66. The maximum Gasteiger partial charge on any atom is 0.264 e. The van der Waals surface area contributed by atoms with Crippen LogP contribution in [-0.2, 0) is 14.8 Å². The number of nitrogens with zero attached hydrogens (tertiary/aromatic N) is 2. The molecule has 0 heterocycles. The lowest BCUT2D eigenvalue weighted by molar-refractivity contribution is -0.118. The molecular formula is C23H21N3O4S. The van der Waals surface area contributed by atoms with Gasteiger partial charge in [0.2, 0.25) is 0 Å². The van der Waals surface area contributed by atoms with Crippen molar-refractivity contribution in [1.29, 1.82) is 5.26 Å². The van der Waals surface area contributed by atoms with E-state index in [-0.39, 0.29) is 18.0 Å². The van der Waals surface area contributed by atoms with Crippen LogP contribution in [0, 0.1) is 11.3 Å². The highest BCUT2D eigenvalue weighted by atomic mass is 32.2. The molecule has 158 valence electrons. The molecule has 0 aliphatic rings. The third-order valence-corrected chi connectivity index (χ3v) is 6.35. The summed E-state index contributed by atoms with van der Waals surface area (Å²) < 4.78 is 32.8. The lowest BCUT2D eigenvalue weighted by Crippen LogP contribution is -2.30. The number of nitriles is 1. The molecule has 0 bridgehead atoms. The van der Waals surface area contributed by atoms with Gasteiger partial charge >= 0.3 is 0 Å². The Bertz CT molecular complexity index is 1190. The van der Waals surface area contributed by atoms with Crippen molar-refractivity contribution in [2.24, 2.45) is 0 Å². The Labute approximate surface area is 181 Å². The van der Waals surface area contributed by atoms with E-state index < -0.39 is 15.9 Å². The summed E-state index contributed by atoms with van der Waals surface area (Å²) in [4.78, 5) is 12.2. The number of nitrogens with one attached hydrogen (secondary N) is 1. The molecule has 3 aromatic rings. The minimum Gasteiger partial charge on any atom is -0.484 e. The highest BCUT2D eigenvalue weighted by Crippen LogP contribution is 2.24. The summed E-state index contributed by atoms with van der Waals surface area (Å²) >= 11 is 0. The Morgan fingerprint density at radius 2 is 1.65 bits per heavy atom. The average Bonchev–Trinajstić information content (AvgIpc) is 2.79. The minimum atomic E-state index is -3.73. The zero-order valence-electron chi connectivity index (χ0n) is 16.9. The lowest BCUT2D eigenvalue weighted by atomic mass is 10.2. The van der Waals surface area contributed by atoms with Gasteiger partial charge in [-0.05, 0) is 55.5 Å². The number of rotatable bonds is 8. The Morgan fingerprint density at radius 1 is 1.00 bits per heavy atom. The van der Waals surface area contributed by atoms with Crippen molar-refractivity contribution in [2.75, 3.05) is 22.8 Å². The fourth-order valence-corrected chi connectivity index (χ4v) is 4.42. The maximum absolute atomic E-state index is 13.0. The van der Waals surface area contributed by atoms with E-state index in [9.17, 15) is 13.2 Å². The molecule has 0 aromatic heterocycles. The number of ether oxygens (including phenoxy) is 1. The molecule has 7 nitrogen and oxygen atoms in total. The van der Waals surface area contributed by atoms with Crippen LogP contribution in [-0.4, -0.2) is 27.5 Å². The number of hydrogen-bond acceptors (Lipinski definition) is 5. The molecular weight excluding hydrogens is 414 g/mol. The summed E-state index contributed by atoms with van der Waals surface area (Å²) in [5.41, 5.74) is 1.34.